The summed E-state index contributed by atoms with van der Waals surface area (Å²) in [6, 6.07) is 5.09. The second-order valence-corrected chi connectivity index (χ2v) is 5.74. The maximum absolute atomic E-state index is 12.1. The Morgan fingerprint density at radius 2 is 2.17 bits per heavy atom. The SMILES string of the molecule is Cc1cccc(Cl)c1NS(=O)(=O)c1cn[nH]c1N. The number of nitrogens with zero attached hydrogens (tertiary/aromatic N) is 1. The van der Waals surface area contributed by atoms with Gasteiger partial charge in [-0.2, -0.15) is 5.10 Å². The molecule has 4 N–H and O–H groups in total. The molecule has 1 heterocycles. The van der Waals surface area contributed by atoms with E-state index < -0.39 is 10.0 Å². The van der Waals surface area contributed by atoms with Crippen LogP contribution in [-0.2, 0) is 10.0 Å². The Morgan fingerprint density at radius 3 is 2.72 bits per heavy atom. The van der Waals surface area contributed by atoms with Crippen LogP contribution in [-0.4, -0.2) is 18.6 Å². The number of halogens is 1. The molecular formula is C10H11ClN4O2S. The number of anilines is 2. The van der Waals surface area contributed by atoms with Gasteiger partial charge in [-0.25, -0.2) is 8.42 Å². The maximum atomic E-state index is 12.1. The first-order valence-electron chi connectivity index (χ1n) is 4.98. The lowest BCUT2D eigenvalue weighted by molar-refractivity contribution is 0.601. The summed E-state index contributed by atoms with van der Waals surface area (Å²) in [5.41, 5.74) is 6.54. The highest BCUT2D eigenvalue weighted by Crippen LogP contribution is 2.28. The normalized spacial score (nSPS) is 11.4. The number of nitrogens with one attached hydrogen (secondary N) is 2. The van der Waals surface area contributed by atoms with E-state index in [-0.39, 0.29) is 10.7 Å². The first-order chi connectivity index (χ1) is 8.42. The van der Waals surface area contributed by atoms with Crippen LogP contribution >= 0.6 is 11.6 Å². The third-order valence-corrected chi connectivity index (χ3v) is 4.07. The van der Waals surface area contributed by atoms with Crippen molar-refractivity contribution in [2.45, 2.75) is 11.8 Å². The van der Waals surface area contributed by atoms with Crippen molar-refractivity contribution in [2.75, 3.05) is 10.5 Å². The van der Waals surface area contributed by atoms with Crippen LogP contribution in [0.3, 0.4) is 0 Å². The smallest absolute Gasteiger partial charge is 0.267 e. The fourth-order valence-electron chi connectivity index (χ4n) is 1.45. The number of sulfonamides is 1. The van der Waals surface area contributed by atoms with Crippen molar-refractivity contribution in [3.05, 3.63) is 35.0 Å². The zero-order valence-corrected chi connectivity index (χ0v) is 11.0. The second-order valence-electron chi connectivity index (χ2n) is 3.69. The highest BCUT2D eigenvalue weighted by Gasteiger charge is 2.21. The molecule has 0 unspecified atom stereocenters. The van der Waals surface area contributed by atoms with Crippen LogP contribution in [0.2, 0.25) is 5.02 Å². The number of hydrogen-bond donors (Lipinski definition) is 3. The molecule has 0 saturated carbocycles. The number of aromatic amines is 1. The molecule has 1 aromatic carbocycles. The first-order valence-corrected chi connectivity index (χ1v) is 6.84. The number of para-hydroxylation sites is 1. The van der Waals surface area contributed by atoms with Gasteiger partial charge < -0.3 is 5.73 Å². The number of benzene rings is 1. The Balaban J connectivity index is 2.44. The summed E-state index contributed by atoms with van der Waals surface area (Å²) in [6.07, 6.45) is 1.14. The van der Waals surface area contributed by atoms with Gasteiger partial charge in [-0.3, -0.25) is 9.82 Å². The summed E-state index contributed by atoms with van der Waals surface area (Å²) in [6.45, 7) is 1.75. The van der Waals surface area contributed by atoms with E-state index in [0.717, 1.165) is 6.20 Å². The molecule has 0 aliphatic rings. The van der Waals surface area contributed by atoms with Gasteiger partial charge in [0.25, 0.3) is 10.0 Å². The Morgan fingerprint density at radius 1 is 1.44 bits per heavy atom. The van der Waals surface area contributed by atoms with E-state index in [9.17, 15) is 8.42 Å². The van der Waals surface area contributed by atoms with Crippen molar-refractivity contribution in [1.82, 2.24) is 10.2 Å². The highest BCUT2D eigenvalue weighted by atomic mass is 35.5. The van der Waals surface area contributed by atoms with Crippen molar-refractivity contribution >= 4 is 33.1 Å². The summed E-state index contributed by atoms with van der Waals surface area (Å²) < 4.78 is 26.6. The molecule has 18 heavy (non-hydrogen) atoms. The molecule has 1 aromatic heterocycles. The Labute approximate surface area is 109 Å². The van der Waals surface area contributed by atoms with Crippen molar-refractivity contribution < 1.29 is 8.42 Å². The van der Waals surface area contributed by atoms with Gasteiger partial charge in [0.2, 0.25) is 0 Å². The monoisotopic (exact) mass is 286 g/mol. The Hall–Kier alpha value is -1.73. The molecule has 0 aliphatic carbocycles. The van der Waals surface area contributed by atoms with Crippen LogP contribution in [0.4, 0.5) is 11.5 Å². The molecule has 2 rings (SSSR count). The molecular weight excluding hydrogens is 276 g/mol. The third kappa shape index (κ3) is 2.27. The zero-order valence-electron chi connectivity index (χ0n) is 9.44. The number of aryl methyl sites for hydroxylation is 1. The topological polar surface area (TPSA) is 101 Å². The number of nitrogen functional groups attached to an aromatic ring is 1. The fourth-order valence-corrected chi connectivity index (χ4v) is 2.95. The van der Waals surface area contributed by atoms with Crippen LogP contribution in [0.1, 0.15) is 5.56 Å². The van der Waals surface area contributed by atoms with Gasteiger partial charge in [0.05, 0.1) is 16.9 Å². The summed E-state index contributed by atoms with van der Waals surface area (Å²) in [5, 5.41) is 6.26. The Kier molecular flexibility index (Phi) is 3.18. The van der Waals surface area contributed by atoms with Gasteiger partial charge in [0.1, 0.15) is 10.7 Å². The minimum absolute atomic E-state index is 0.0211. The van der Waals surface area contributed by atoms with Gasteiger partial charge in [0.15, 0.2) is 0 Å². The first kappa shape index (κ1) is 12.7. The highest BCUT2D eigenvalue weighted by molar-refractivity contribution is 7.92. The van der Waals surface area contributed by atoms with Crippen molar-refractivity contribution in [3.63, 3.8) is 0 Å². The minimum Gasteiger partial charge on any atom is -0.383 e. The summed E-state index contributed by atoms with van der Waals surface area (Å²) in [5.74, 6) is -0.0211. The molecule has 0 fully saturated rings. The van der Waals surface area contributed by atoms with Gasteiger partial charge in [-0.1, -0.05) is 23.7 Å². The molecule has 6 nitrogen and oxygen atoms in total. The quantitative estimate of drug-likeness (QED) is 0.800. The van der Waals surface area contributed by atoms with E-state index in [1.165, 1.54) is 0 Å². The average molecular weight is 287 g/mol. The predicted octanol–water partition coefficient (Wildman–Crippen LogP) is 1.75. The van der Waals surface area contributed by atoms with Crippen LogP contribution in [0.15, 0.2) is 29.3 Å². The van der Waals surface area contributed by atoms with E-state index >= 15 is 0 Å². The number of rotatable bonds is 3. The van der Waals surface area contributed by atoms with Gasteiger partial charge >= 0.3 is 0 Å². The van der Waals surface area contributed by atoms with Gasteiger partial charge in [-0.05, 0) is 18.6 Å². The molecule has 0 bridgehead atoms. The van der Waals surface area contributed by atoms with E-state index in [1.807, 2.05) is 0 Å². The lowest BCUT2D eigenvalue weighted by Crippen LogP contribution is -2.15. The molecule has 0 spiro atoms. The predicted molar refractivity (Wildman–Crippen MR) is 70.0 cm³/mol. The summed E-state index contributed by atoms with van der Waals surface area (Å²) in [4.78, 5) is -0.109. The van der Waals surface area contributed by atoms with Gasteiger partial charge in [-0.15, -0.1) is 0 Å². The molecule has 0 atom stereocenters. The van der Waals surface area contributed by atoms with E-state index in [2.05, 4.69) is 14.9 Å². The van der Waals surface area contributed by atoms with E-state index in [0.29, 0.717) is 16.3 Å². The second kappa shape index (κ2) is 4.51. The molecule has 0 amide bonds. The molecule has 0 saturated heterocycles. The van der Waals surface area contributed by atoms with Crippen molar-refractivity contribution in [1.29, 1.82) is 0 Å². The number of aromatic nitrogens is 2. The summed E-state index contributed by atoms with van der Waals surface area (Å²) in [7, 11) is -3.80. The fraction of sp³-hybridized carbons (Fsp3) is 0.100. The van der Waals surface area contributed by atoms with Crippen LogP contribution < -0.4 is 10.5 Å². The third-order valence-electron chi connectivity index (χ3n) is 2.38. The van der Waals surface area contributed by atoms with Crippen molar-refractivity contribution in [2.24, 2.45) is 0 Å². The molecule has 96 valence electrons. The maximum Gasteiger partial charge on any atom is 0.267 e. The minimum atomic E-state index is -3.80. The van der Waals surface area contributed by atoms with Crippen molar-refractivity contribution in [3.8, 4) is 0 Å². The largest absolute Gasteiger partial charge is 0.383 e. The molecule has 0 radical (unpaired) electrons. The lowest BCUT2D eigenvalue weighted by atomic mass is 10.2. The summed E-state index contributed by atoms with van der Waals surface area (Å²) >= 11 is 5.96. The lowest BCUT2D eigenvalue weighted by Gasteiger charge is -2.11. The molecule has 8 heteroatoms. The van der Waals surface area contributed by atoms with Gasteiger partial charge in [0, 0.05) is 0 Å². The van der Waals surface area contributed by atoms with Crippen LogP contribution in [0.25, 0.3) is 0 Å². The number of nitrogens with two attached hydrogens (primary N) is 1. The molecule has 0 aliphatic heterocycles. The number of hydrogen-bond acceptors (Lipinski definition) is 4. The zero-order chi connectivity index (χ0) is 13.3. The van der Waals surface area contributed by atoms with E-state index in [1.54, 1.807) is 25.1 Å². The van der Waals surface area contributed by atoms with Crippen LogP contribution in [0, 0.1) is 6.92 Å². The molecule has 2 aromatic rings. The Bertz CT molecular complexity index is 661. The average Bonchev–Trinajstić information content (AvgIpc) is 2.71. The standard InChI is InChI=1S/C10H11ClN4O2S/c1-6-3-2-4-7(11)9(6)15-18(16,17)8-5-13-14-10(8)12/h2-5,15H,1H3,(H3,12,13,14). The number of H-pyrrole nitrogens is 1. The van der Waals surface area contributed by atoms with Crippen LogP contribution in [0.5, 0.6) is 0 Å². The van der Waals surface area contributed by atoms with E-state index in [4.69, 9.17) is 17.3 Å².